The van der Waals surface area contributed by atoms with Crippen molar-refractivity contribution in [3.05, 3.63) is 0 Å². The second-order valence-corrected chi connectivity index (χ2v) is 6.79. The van der Waals surface area contributed by atoms with Crippen LogP contribution in [0, 0.1) is 11.3 Å². The molecule has 1 atom stereocenters. The maximum absolute atomic E-state index is 11.7. The number of aliphatic carboxylic acids is 1. The van der Waals surface area contributed by atoms with Crippen LogP contribution in [0.15, 0.2) is 0 Å². The van der Waals surface area contributed by atoms with Crippen LogP contribution in [0.5, 0.6) is 0 Å². The topological polar surface area (TPSA) is 75.6 Å². The third-order valence-corrected chi connectivity index (χ3v) is 2.95. The standard InChI is InChI=1S/C15H29NO4/c1-7-8-15(12(17)18,9-11(2)3)10-16-13(19)20-14(4,5)6/h11H,7-10H2,1-6H3,(H,16,19)(H,17,18). The lowest BCUT2D eigenvalue weighted by Crippen LogP contribution is -2.45. The minimum Gasteiger partial charge on any atom is -0.481 e. The van der Waals surface area contributed by atoms with Crippen molar-refractivity contribution in [2.24, 2.45) is 11.3 Å². The summed E-state index contributed by atoms with van der Waals surface area (Å²) in [4.78, 5) is 23.3. The van der Waals surface area contributed by atoms with Crippen LogP contribution in [-0.2, 0) is 9.53 Å². The fraction of sp³-hybridized carbons (Fsp3) is 0.867. The van der Waals surface area contributed by atoms with Crippen LogP contribution < -0.4 is 5.32 Å². The molecule has 0 saturated heterocycles. The minimum atomic E-state index is -0.917. The number of alkyl carbamates (subject to hydrolysis) is 1. The van der Waals surface area contributed by atoms with Crippen LogP contribution in [0.2, 0.25) is 0 Å². The van der Waals surface area contributed by atoms with Gasteiger partial charge in [-0.3, -0.25) is 4.79 Å². The Balaban J connectivity index is 4.80. The molecule has 1 unspecified atom stereocenters. The van der Waals surface area contributed by atoms with Crippen molar-refractivity contribution >= 4 is 12.1 Å². The maximum Gasteiger partial charge on any atom is 0.407 e. The Morgan fingerprint density at radius 2 is 1.80 bits per heavy atom. The van der Waals surface area contributed by atoms with E-state index >= 15 is 0 Å². The second-order valence-electron chi connectivity index (χ2n) is 6.79. The van der Waals surface area contributed by atoms with E-state index in [-0.39, 0.29) is 12.5 Å². The summed E-state index contributed by atoms with van der Waals surface area (Å²) >= 11 is 0. The van der Waals surface area contributed by atoms with E-state index in [0.717, 1.165) is 6.42 Å². The highest BCUT2D eigenvalue weighted by molar-refractivity contribution is 5.76. The molecule has 5 nitrogen and oxygen atoms in total. The molecule has 5 heteroatoms. The van der Waals surface area contributed by atoms with Gasteiger partial charge in [0.25, 0.3) is 0 Å². The smallest absolute Gasteiger partial charge is 0.407 e. The number of carbonyl (C=O) groups is 2. The third-order valence-electron chi connectivity index (χ3n) is 2.95. The van der Waals surface area contributed by atoms with E-state index < -0.39 is 23.1 Å². The Morgan fingerprint density at radius 3 is 2.15 bits per heavy atom. The summed E-state index contributed by atoms with van der Waals surface area (Å²) in [5.41, 5.74) is -1.50. The highest BCUT2D eigenvalue weighted by Crippen LogP contribution is 2.32. The van der Waals surface area contributed by atoms with Gasteiger partial charge >= 0.3 is 12.1 Å². The number of hydrogen-bond donors (Lipinski definition) is 2. The average molecular weight is 287 g/mol. The Bertz CT molecular complexity index is 333. The molecule has 0 bridgehead atoms. The molecule has 1 amide bonds. The van der Waals surface area contributed by atoms with Crippen LogP contribution in [-0.4, -0.2) is 29.3 Å². The summed E-state index contributed by atoms with van der Waals surface area (Å²) in [5.74, 6) is -0.609. The minimum absolute atomic E-state index is 0.100. The summed E-state index contributed by atoms with van der Waals surface area (Å²) in [5, 5.41) is 12.2. The second kappa shape index (κ2) is 7.50. The van der Waals surface area contributed by atoms with Crippen LogP contribution in [0.1, 0.15) is 60.8 Å². The van der Waals surface area contributed by atoms with Crippen molar-refractivity contribution in [3.8, 4) is 0 Å². The van der Waals surface area contributed by atoms with Gasteiger partial charge in [0.15, 0.2) is 0 Å². The van der Waals surface area contributed by atoms with Crippen molar-refractivity contribution in [2.75, 3.05) is 6.54 Å². The number of amides is 1. The molecule has 0 aliphatic heterocycles. The van der Waals surface area contributed by atoms with E-state index in [1.54, 1.807) is 20.8 Å². The number of rotatable bonds is 7. The Hall–Kier alpha value is -1.26. The van der Waals surface area contributed by atoms with E-state index in [4.69, 9.17) is 4.74 Å². The lowest BCUT2D eigenvalue weighted by molar-refractivity contribution is -0.150. The molecule has 2 N–H and O–H groups in total. The molecule has 0 radical (unpaired) electrons. The monoisotopic (exact) mass is 287 g/mol. The van der Waals surface area contributed by atoms with E-state index in [1.807, 2.05) is 20.8 Å². The predicted molar refractivity (Wildman–Crippen MR) is 78.7 cm³/mol. The first-order chi connectivity index (χ1) is 9.02. The van der Waals surface area contributed by atoms with Crippen molar-refractivity contribution < 1.29 is 19.4 Å². The molecule has 0 spiro atoms. The summed E-state index contributed by atoms with van der Waals surface area (Å²) in [7, 11) is 0. The molecule has 0 aromatic rings. The van der Waals surface area contributed by atoms with Crippen molar-refractivity contribution in [1.82, 2.24) is 5.32 Å². The number of carboxylic acids is 1. The van der Waals surface area contributed by atoms with Gasteiger partial charge in [0.05, 0.1) is 5.41 Å². The van der Waals surface area contributed by atoms with Gasteiger partial charge in [0.2, 0.25) is 0 Å². The van der Waals surface area contributed by atoms with E-state index in [0.29, 0.717) is 12.8 Å². The fourth-order valence-corrected chi connectivity index (χ4v) is 2.35. The van der Waals surface area contributed by atoms with Gasteiger partial charge in [-0.05, 0) is 39.5 Å². The highest BCUT2D eigenvalue weighted by Gasteiger charge is 2.38. The lowest BCUT2D eigenvalue weighted by Gasteiger charge is -2.31. The summed E-state index contributed by atoms with van der Waals surface area (Å²) < 4.78 is 5.15. The summed E-state index contributed by atoms with van der Waals surface area (Å²) in [6, 6.07) is 0. The molecule has 0 rings (SSSR count). The maximum atomic E-state index is 11.7. The zero-order chi connectivity index (χ0) is 16.0. The third kappa shape index (κ3) is 6.78. The number of nitrogens with one attached hydrogen (secondary N) is 1. The molecular formula is C15H29NO4. The van der Waals surface area contributed by atoms with Crippen LogP contribution in [0.3, 0.4) is 0 Å². The van der Waals surface area contributed by atoms with Gasteiger partial charge in [-0.1, -0.05) is 27.2 Å². The number of carbonyl (C=O) groups excluding carboxylic acids is 1. The summed E-state index contributed by atoms with van der Waals surface area (Å²) in [6.45, 7) is 11.3. The van der Waals surface area contributed by atoms with Crippen LogP contribution in [0.25, 0.3) is 0 Å². The molecule has 0 saturated carbocycles. The quantitative estimate of drug-likeness (QED) is 0.752. The zero-order valence-corrected chi connectivity index (χ0v) is 13.6. The molecule has 0 fully saturated rings. The molecular weight excluding hydrogens is 258 g/mol. The summed E-state index contributed by atoms with van der Waals surface area (Å²) in [6.07, 6.45) is 1.26. The molecule has 0 aromatic carbocycles. The normalized spacial score (nSPS) is 14.8. The fourth-order valence-electron chi connectivity index (χ4n) is 2.35. The molecule has 20 heavy (non-hydrogen) atoms. The first-order valence-electron chi connectivity index (χ1n) is 7.22. The van der Waals surface area contributed by atoms with Gasteiger partial charge < -0.3 is 15.2 Å². The van der Waals surface area contributed by atoms with Crippen LogP contribution >= 0.6 is 0 Å². The zero-order valence-electron chi connectivity index (χ0n) is 13.6. The van der Waals surface area contributed by atoms with Gasteiger partial charge in [-0.2, -0.15) is 0 Å². The van der Waals surface area contributed by atoms with Crippen molar-refractivity contribution in [1.29, 1.82) is 0 Å². The molecule has 0 heterocycles. The first-order valence-corrected chi connectivity index (χ1v) is 7.22. The number of hydrogen-bond acceptors (Lipinski definition) is 3. The van der Waals surface area contributed by atoms with Crippen molar-refractivity contribution in [2.45, 2.75) is 66.4 Å². The Morgan fingerprint density at radius 1 is 1.25 bits per heavy atom. The van der Waals surface area contributed by atoms with Gasteiger partial charge in [-0.25, -0.2) is 4.79 Å². The number of ether oxygens (including phenoxy) is 1. The highest BCUT2D eigenvalue weighted by atomic mass is 16.6. The molecule has 118 valence electrons. The number of carboxylic acid groups (broad SMARTS) is 1. The van der Waals surface area contributed by atoms with Gasteiger partial charge in [0.1, 0.15) is 5.60 Å². The van der Waals surface area contributed by atoms with Gasteiger partial charge in [0, 0.05) is 6.54 Å². The predicted octanol–water partition coefficient (Wildman–Crippen LogP) is 3.43. The Kier molecular flexibility index (Phi) is 7.03. The molecule has 0 aliphatic carbocycles. The molecule has 0 aromatic heterocycles. The van der Waals surface area contributed by atoms with E-state index in [1.165, 1.54) is 0 Å². The SMILES string of the molecule is CCCC(CNC(=O)OC(C)(C)C)(CC(C)C)C(=O)O. The largest absolute Gasteiger partial charge is 0.481 e. The Labute approximate surface area is 122 Å². The first kappa shape index (κ1) is 18.7. The van der Waals surface area contributed by atoms with Crippen LogP contribution in [0.4, 0.5) is 4.79 Å². The van der Waals surface area contributed by atoms with Gasteiger partial charge in [-0.15, -0.1) is 0 Å². The van der Waals surface area contributed by atoms with E-state index in [2.05, 4.69) is 5.32 Å². The van der Waals surface area contributed by atoms with Crippen molar-refractivity contribution in [3.63, 3.8) is 0 Å². The molecule has 0 aliphatic rings. The van der Waals surface area contributed by atoms with E-state index in [9.17, 15) is 14.7 Å². The lowest BCUT2D eigenvalue weighted by atomic mass is 9.76. The average Bonchev–Trinajstić information content (AvgIpc) is 2.22.